The molecule has 3 rings (SSSR count). The third-order valence-electron chi connectivity index (χ3n) is 6.64. The minimum atomic E-state index is -0.614. The number of hydrogen-bond acceptors (Lipinski definition) is 7. The third kappa shape index (κ3) is 8.97. The van der Waals surface area contributed by atoms with Gasteiger partial charge in [-0.2, -0.15) is 0 Å². The molecule has 2 aromatic carbocycles. The first-order valence-corrected chi connectivity index (χ1v) is 14.2. The van der Waals surface area contributed by atoms with Crippen molar-refractivity contribution in [3.8, 4) is 11.5 Å². The Hall–Kier alpha value is -3.10. The van der Waals surface area contributed by atoms with E-state index in [-0.39, 0.29) is 5.91 Å². The van der Waals surface area contributed by atoms with Crippen LogP contribution in [0.3, 0.4) is 0 Å². The average Bonchev–Trinajstić information content (AvgIpc) is 3.31. The van der Waals surface area contributed by atoms with Gasteiger partial charge in [0.25, 0.3) is 5.91 Å². The van der Waals surface area contributed by atoms with Crippen LogP contribution >= 0.6 is 0 Å². The smallest absolute Gasteiger partial charge is 0.338 e. The summed E-state index contributed by atoms with van der Waals surface area (Å²) in [6.45, 7) is 12.8. The molecule has 8 nitrogen and oxygen atoms in total. The van der Waals surface area contributed by atoms with E-state index in [4.69, 9.17) is 19.9 Å². The Bertz CT molecular complexity index is 1060. The van der Waals surface area contributed by atoms with Crippen molar-refractivity contribution in [2.75, 3.05) is 26.2 Å². The van der Waals surface area contributed by atoms with Gasteiger partial charge in [0.2, 0.25) is 6.29 Å². The van der Waals surface area contributed by atoms with Crippen molar-refractivity contribution in [3.63, 3.8) is 0 Å². The fourth-order valence-electron chi connectivity index (χ4n) is 4.61. The van der Waals surface area contributed by atoms with Crippen molar-refractivity contribution in [1.82, 2.24) is 10.2 Å². The normalized spacial score (nSPS) is 14.3. The van der Waals surface area contributed by atoms with Gasteiger partial charge in [-0.05, 0) is 74.5 Å². The number of rotatable bonds is 15. The van der Waals surface area contributed by atoms with Crippen molar-refractivity contribution in [2.45, 2.75) is 78.7 Å². The lowest BCUT2D eigenvalue weighted by Crippen LogP contribution is -2.47. The minimum Gasteiger partial charge on any atom is -0.456 e. The first-order valence-electron chi connectivity index (χ1n) is 14.2. The number of nitrogens with zero attached hydrogens (tertiary/aromatic N) is 1. The summed E-state index contributed by atoms with van der Waals surface area (Å²) in [5, 5.41) is 3.38. The standard InChI is InChI=1S/C31H45N3O5/c1-6-14-34(15-7-2)30(35)23-16-22(5)17-24(18-23)31(36)39-28(20-33-13-12-21(3)4)25(32)19-29-37-26-10-8-9-11-27(26)38-29/h8-11,16-18,21,25,28-29,33H,6-7,12-15,19-20,32H2,1-5H3/t25-,28+/m0/s1. The molecule has 1 aliphatic rings. The van der Waals surface area contributed by atoms with Crippen LogP contribution < -0.4 is 20.5 Å². The molecule has 0 saturated carbocycles. The van der Waals surface area contributed by atoms with E-state index in [1.807, 2.05) is 56.0 Å². The second kappa shape index (κ2) is 14.9. The maximum atomic E-state index is 13.4. The Balaban J connectivity index is 1.72. The zero-order valence-electron chi connectivity index (χ0n) is 24.1. The SMILES string of the molecule is CCCN(CCC)C(=O)c1cc(C)cc(C(=O)O[C@H](CNCCC(C)C)[C@@H](N)CC2Oc3ccccc3O2)c1. The zero-order chi connectivity index (χ0) is 28.4. The summed E-state index contributed by atoms with van der Waals surface area (Å²) in [6.07, 6.45) is 1.91. The third-order valence-corrected chi connectivity index (χ3v) is 6.64. The Kier molecular flexibility index (Phi) is 11.6. The summed E-state index contributed by atoms with van der Waals surface area (Å²) >= 11 is 0. The average molecular weight is 540 g/mol. The fraction of sp³-hybridized carbons (Fsp3) is 0.548. The number of nitrogens with one attached hydrogen (secondary N) is 1. The van der Waals surface area contributed by atoms with Crippen LogP contribution in [-0.2, 0) is 4.74 Å². The lowest BCUT2D eigenvalue weighted by atomic mass is 10.0. The maximum absolute atomic E-state index is 13.4. The molecule has 3 N–H and O–H groups in total. The fourth-order valence-corrected chi connectivity index (χ4v) is 4.61. The number of fused-ring (bicyclic) bond motifs is 1. The topological polar surface area (TPSA) is 103 Å². The molecule has 1 amide bonds. The van der Waals surface area contributed by atoms with Gasteiger partial charge in [0.1, 0.15) is 6.10 Å². The predicted molar refractivity (Wildman–Crippen MR) is 153 cm³/mol. The van der Waals surface area contributed by atoms with E-state index in [9.17, 15) is 9.59 Å². The van der Waals surface area contributed by atoms with Crippen LogP contribution in [0.5, 0.6) is 11.5 Å². The zero-order valence-corrected chi connectivity index (χ0v) is 24.1. The molecule has 0 bridgehead atoms. The second-order valence-electron chi connectivity index (χ2n) is 10.7. The van der Waals surface area contributed by atoms with Gasteiger partial charge >= 0.3 is 5.97 Å². The van der Waals surface area contributed by atoms with Crippen LogP contribution in [0.15, 0.2) is 42.5 Å². The van der Waals surface area contributed by atoms with Crippen LogP contribution in [-0.4, -0.2) is 61.4 Å². The van der Waals surface area contributed by atoms with Gasteiger partial charge in [0, 0.05) is 31.6 Å². The lowest BCUT2D eigenvalue weighted by Gasteiger charge is -2.26. The highest BCUT2D eigenvalue weighted by molar-refractivity contribution is 5.98. The molecule has 0 aliphatic carbocycles. The predicted octanol–water partition coefficient (Wildman–Crippen LogP) is 4.93. The van der Waals surface area contributed by atoms with Crippen LogP contribution in [0.2, 0.25) is 0 Å². The maximum Gasteiger partial charge on any atom is 0.338 e. The molecule has 1 aliphatic heterocycles. The molecule has 8 heteroatoms. The van der Waals surface area contributed by atoms with E-state index in [0.29, 0.717) is 54.6 Å². The molecule has 0 saturated heterocycles. The van der Waals surface area contributed by atoms with Crippen molar-refractivity contribution in [3.05, 3.63) is 59.2 Å². The quantitative estimate of drug-likeness (QED) is 0.244. The Morgan fingerprint density at radius 1 is 1.03 bits per heavy atom. The molecule has 214 valence electrons. The number of esters is 1. The molecule has 0 aromatic heterocycles. The number of aryl methyl sites for hydroxylation is 1. The van der Waals surface area contributed by atoms with E-state index in [2.05, 4.69) is 19.2 Å². The summed E-state index contributed by atoms with van der Waals surface area (Å²) in [6, 6.07) is 12.1. The van der Waals surface area contributed by atoms with Crippen molar-refractivity contribution in [2.24, 2.45) is 11.7 Å². The van der Waals surface area contributed by atoms with E-state index in [0.717, 1.165) is 31.4 Å². The van der Waals surface area contributed by atoms with Crippen LogP contribution in [0, 0.1) is 12.8 Å². The van der Waals surface area contributed by atoms with Crippen molar-refractivity contribution in [1.29, 1.82) is 0 Å². The number of benzene rings is 2. The lowest BCUT2D eigenvalue weighted by molar-refractivity contribution is -0.00119. The Morgan fingerprint density at radius 3 is 2.23 bits per heavy atom. The van der Waals surface area contributed by atoms with Gasteiger partial charge in [-0.25, -0.2) is 4.79 Å². The molecular weight excluding hydrogens is 494 g/mol. The number of nitrogens with two attached hydrogens (primary N) is 1. The summed E-state index contributed by atoms with van der Waals surface area (Å²) < 4.78 is 17.8. The number of carbonyl (C=O) groups is 2. The highest BCUT2D eigenvalue weighted by atomic mass is 16.7. The highest BCUT2D eigenvalue weighted by Crippen LogP contribution is 2.35. The Morgan fingerprint density at radius 2 is 1.64 bits per heavy atom. The summed E-state index contributed by atoms with van der Waals surface area (Å²) in [7, 11) is 0. The number of ether oxygens (including phenoxy) is 3. The largest absolute Gasteiger partial charge is 0.456 e. The van der Waals surface area contributed by atoms with Gasteiger partial charge in [0.15, 0.2) is 11.5 Å². The molecule has 0 radical (unpaired) electrons. The molecule has 0 spiro atoms. The Labute approximate surface area is 233 Å². The van der Waals surface area contributed by atoms with Gasteiger partial charge in [-0.3, -0.25) is 4.79 Å². The molecule has 1 heterocycles. The van der Waals surface area contributed by atoms with E-state index in [1.165, 1.54) is 0 Å². The van der Waals surface area contributed by atoms with E-state index >= 15 is 0 Å². The van der Waals surface area contributed by atoms with E-state index < -0.39 is 24.4 Å². The minimum absolute atomic E-state index is 0.0739. The monoisotopic (exact) mass is 539 g/mol. The number of para-hydroxylation sites is 2. The first-order chi connectivity index (χ1) is 18.7. The molecule has 2 aromatic rings. The molecule has 39 heavy (non-hydrogen) atoms. The van der Waals surface area contributed by atoms with E-state index in [1.54, 1.807) is 12.1 Å². The number of hydrogen-bond donors (Lipinski definition) is 2. The summed E-state index contributed by atoms with van der Waals surface area (Å²) in [4.78, 5) is 28.4. The van der Waals surface area contributed by atoms with Crippen molar-refractivity contribution >= 4 is 11.9 Å². The molecular formula is C31H45N3O5. The molecule has 0 fully saturated rings. The van der Waals surface area contributed by atoms with Gasteiger partial charge in [-0.15, -0.1) is 0 Å². The molecule has 0 unspecified atom stereocenters. The highest BCUT2D eigenvalue weighted by Gasteiger charge is 2.31. The number of carbonyl (C=O) groups excluding carboxylic acids is 2. The van der Waals surface area contributed by atoms with Crippen LogP contribution in [0.4, 0.5) is 0 Å². The van der Waals surface area contributed by atoms with Crippen LogP contribution in [0.1, 0.15) is 79.7 Å². The van der Waals surface area contributed by atoms with Crippen molar-refractivity contribution < 1.29 is 23.8 Å². The van der Waals surface area contributed by atoms with Gasteiger partial charge in [-0.1, -0.05) is 39.8 Å². The summed E-state index contributed by atoms with van der Waals surface area (Å²) in [5.74, 6) is 1.32. The molecule has 2 atom stereocenters. The van der Waals surface area contributed by atoms with Gasteiger partial charge < -0.3 is 30.2 Å². The van der Waals surface area contributed by atoms with Gasteiger partial charge in [0.05, 0.1) is 11.6 Å². The first kappa shape index (κ1) is 30.4. The van der Waals surface area contributed by atoms with Crippen LogP contribution in [0.25, 0.3) is 0 Å². The number of amides is 1. The summed E-state index contributed by atoms with van der Waals surface area (Å²) in [5.41, 5.74) is 8.23. The second-order valence-corrected chi connectivity index (χ2v) is 10.7.